The maximum atomic E-state index is 9.92. The molecule has 90 valence electrons. The molecule has 0 aliphatic carbocycles. The van der Waals surface area contributed by atoms with Gasteiger partial charge in [-0.25, -0.2) is 4.98 Å². The van der Waals surface area contributed by atoms with Gasteiger partial charge in [0.1, 0.15) is 11.4 Å². The van der Waals surface area contributed by atoms with Crippen LogP contribution in [-0.2, 0) is 5.60 Å². The van der Waals surface area contributed by atoms with Crippen LogP contribution in [0, 0.1) is 6.92 Å². The van der Waals surface area contributed by atoms with Crippen LogP contribution in [0.1, 0.15) is 25.4 Å². The van der Waals surface area contributed by atoms with E-state index in [9.17, 15) is 5.11 Å². The van der Waals surface area contributed by atoms with E-state index in [1.165, 1.54) is 0 Å². The Kier molecular flexibility index (Phi) is 2.98. The lowest BCUT2D eigenvalue weighted by molar-refractivity contribution is 0.0696. The van der Waals surface area contributed by atoms with Gasteiger partial charge in [-0.15, -0.1) is 0 Å². The number of aryl methyl sites for hydroxylation is 1. The van der Waals surface area contributed by atoms with Crippen molar-refractivity contribution in [3.05, 3.63) is 40.8 Å². The summed E-state index contributed by atoms with van der Waals surface area (Å²) in [6, 6.07) is 7.54. The van der Waals surface area contributed by atoms with Gasteiger partial charge < -0.3 is 10.1 Å². The van der Waals surface area contributed by atoms with Crippen molar-refractivity contribution in [3.8, 4) is 11.3 Å². The Hall–Kier alpha value is -1.32. The summed E-state index contributed by atoms with van der Waals surface area (Å²) in [5.41, 5.74) is 1.57. The van der Waals surface area contributed by atoms with E-state index < -0.39 is 5.60 Å². The molecule has 2 N–H and O–H groups in total. The van der Waals surface area contributed by atoms with E-state index in [1.54, 1.807) is 13.8 Å². The van der Waals surface area contributed by atoms with Gasteiger partial charge in [0.25, 0.3) is 0 Å². The molecule has 0 bridgehead atoms. The summed E-state index contributed by atoms with van der Waals surface area (Å²) in [6.45, 7) is 5.31. The van der Waals surface area contributed by atoms with Crippen molar-refractivity contribution < 1.29 is 5.11 Å². The van der Waals surface area contributed by atoms with Gasteiger partial charge in [-0.1, -0.05) is 29.8 Å². The Bertz CT molecular complexity index is 541. The highest BCUT2D eigenvalue weighted by Crippen LogP contribution is 2.30. The number of imidazole rings is 1. The molecule has 2 aromatic rings. The number of nitrogens with one attached hydrogen (secondary N) is 1. The molecule has 0 radical (unpaired) electrons. The molecule has 0 saturated carbocycles. The lowest BCUT2D eigenvalue weighted by Crippen LogP contribution is -2.17. The summed E-state index contributed by atoms with van der Waals surface area (Å²) in [5, 5.41) is 10.6. The summed E-state index contributed by atoms with van der Waals surface area (Å²) in [6.07, 6.45) is 0. The third kappa shape index (κ3) is 2.35. The fourth-order valence-electron chi connectivity index (χ4n) is 1.67. The third-order valence-corrected chi connectivity index (χ3v) is 2.92. The molecular formula is C13H15ClN2O. The highest BCUT2D eigenvalue weighted by atomic mass is 35.5. The minimum Gasteiger partial charge on any atom is -0.383 e. The van der Waals surface area contributed by atoms with E-state index >= 15 is 0 Å². The Morgan fingerprint density at radius 1 is 1.29 bits per heavy atom. The van der Waals surface area contributed by atoms with Crippen LogP contribution in [0.2, 0.25) is 5.02 Å². The second kappa shape index (κ2) is 4.17. The number of rotatable bonds is 2. The molecule has 0 saturated heterocycles. The molecule has 0 atom stereocenters. The van der Waals surface area contributed by atoms with Gasteiger partial charge in [0.2, 0.25) is 0 Å². The Balaban J connectivity index is 2.55. The van der Waals surface area contributed by atoms with Gasteiger partial charge in [0.05, 0.1) is 10.7 Å². The topological polar surface area (TPSA) is 48.9 Å². The van der Waals surface area contributed by atoms with Crippen LogP contribution in [0.5, 0.6) is 0 Å². The number of nitrogens with zero attached hydrogens (tertiary/aromatic N) is 1. The third-order valence-electron chi connectivity index (χ3n) is 2.59. The Morgan fingerprint density at radius 2 is 1.94 bits per heavy atom. The first-order valence-corrected chi connectivity index (χ1v) is 5.82. The van der Waals surface area contributed by atoms with Crippen molar-refractivity contribution in [1.82, 2.24) is 9.97 Å². The van der Waals surface area contributed by atoms with Crippen molar-refractivity contribution in [2.75, 3.05) is 0 Å². The van der Waals surface area contributed by atoms with Crippen LogP contribution in [0.3, 0.4) is 0 Å². The number of hydrogen-bond donors (Lipinski definition) is 2. The summed E-state index contributed by atoms with van der Waals surface area (Å²) in [7, 11) is 0. The molecule has 3 nitrogen and oxygen atoms in total. The molecule has 0 aliphatic heterocycles. The van der Waals surface area contributed by atoms with Crippen LogP contribution in [-0.4, -0.2) is 15.1 Å². The molecule has 0 amide bonds. The number of halogens is 1. The number of aromatic nitrogens is 2. The normalized spacial score (nSPS) is 11.8. The van der Waals surface area contributed by atoms with Crippen LogP contribution in [0.25, 0.3) is 11.3 Å². The second-order valence-electron chi connectivity index (χ2n) is 4.60. The zero-order valence-electron chi connectivity index (χ0n) is 10.1. The smallest absolute Gasteiger partial charge is 0.138 e. The molecule has 0 fully saturated rings. The average molecular weight is 251 g/mol. The molecule has 1 aromatic carbocycles. The van der Waals surface area contributed by atoms with Gasteiger partial charge in [-0.3, -0.25) is 0 Å². The molecule has 0 spiro atoms. The first kappa shape index (κ1) is 12.1. The molecule has 1 heterocycles. The Morgan fingerprint density at radius 3 is 2.47 bits per heavy atom. The monoisotopic (exact) mass is 250 g/mol. The summed E-state index contributed by atoms with van der Waals surface area (Å²) >= 11 is 6.14. The van der Waals surface area contributed by atoms with Crippen LogP contribution in [0.4, 0.5) is 0 Å². The van der Waals surface area contributed by atoms with Crippen LogP contribution >= 0.6 is 11.6 Å². The van der Waals surface area contributed by atoms with Crippen molar-refractivity contribution in [2.24, 2.45) is 0 Å². The van der Waals surface area contributed by atoms with E-state index in [2.05, 4.69) is 9.97 Å². The number of hydrogen-bond acceptors (Lipinski definition) is 2. The number of benzene rings is 1. The average Bonchev–Trinajstić information content (AvgIpc) is 2.61. The molecule has 1 aromatic heterocycles. The lowest BCUT2D eigenvalue weighted by Gasteiger charge is -2.12. The predicted molar refractivity (Wildman–Crippen MR) is 69.0 cm³/mol. The van der Waals surface area contributed by atoms with Crippen LogP contribution in [0.15, 0.2) is 24.3 Å². The lowest BCUT2D eigenvalue weighted by atomic mass is 10.1. The van der Waals surface area contributed by atoms with Crippen LogP contribution < -0.4 is 0 Å². The van der Waals surface area contributed by atoms with E-state index in [0.717, 1.165) is 17.0 Å². The number of aliphatic hydroxyl groups is 1. The first-order chi connectivity index (χ1) is 7.89. The standard InChI is InChI=1S/C13H15ClN2O/c1-8-11(9-6-4-5-7-10(9)14)16-12(15-8)13(2,3)17/h4-7,17H,1-3H3,(H,15,16). The molecule has 2 rings (SSSR count). The first-order valence-electron chi connectivity index (χ1n) is 5.44. The molecule has 0 unspecified atom stereocenters. The molecular weight excluding hydrogens is 236 g/mol. The minimum absolute atomic E-state index is 0.546. The highest BCUT2D eigenvalue weighted by Gasteiger charge is 2.22. The van der Waals surface area contributed by atoms with E-state index in [0.29, 0.717) is 10.8 Å². The van der Waals surface area contributed by atoms with Crippen molar-refractivity contribution in [3.63, 3.8) is 0 Å². The van der Waals surface area contributed by atoms with E-state index in [-0.39, 0.29) is 0 Å². The highest BCUT2D eigenvalue weighted by molar-refractivity contribution is 6.33. The van der Waals surface area contributed by atoms with Gasteiger partial charge in [-0.2, -0.15) is 0 Å². The van der Waals surface area contributed by atoms with Gasteiger partial charge in [-0.05, 0) is 26.8 Å². The minimum atomic E-state index is -0.982. The molecule has 0 aliphatic rings. The van der Waals surface area contributed by atoms with Crippen molar-refractivity contribution in [1.29, 1.82) is 0 Å². The zero-order valence-corrected chi connectivity index (χ0v) is 10.8. The largest absolute Gasteiger partial charge is 0.383 e. The molecule has 17 heavy (non-hydrogen) atoms. The Labute approximate surface area is 105 Å². The van der Waals surface area contributed by atoms with Gasteiger partial charge in [0.15, 0.2) is 0 Å². The van der Waals surface area contributed by atoms with E-state index in [4.69, 9.17) is 11.6 Å². The summed E-state index contributed by atoms with van der Waals surface area (Å²) in [5.74, 6) is 0.546. The maximum absolute atomic E-state index is 9.92. The van der Waals surface area contributed by atoms with Gasteiger partial charge in [0, 0.05) is 11.3 Å². The number of H-pyrrole nitrogens is 1. The van der Waals surface area contributed by atoms with Gasteiger partial charge >= 0.3 is 0 Å². The molecule has 4 heteroatoms. The predicted octanol–water partition coefficient (Wildman–Crippen LogP) is 3.27. The summed E-state index contributed by atoms with van der Waals surface area (Å²) in [4.78, 5) is 7.51. The maximum Gasteiger partial charge on any atom is 0.138 e. The second-order valence-corrected chi connectivity index (χ2v) is 5.01. The fraction of sp³-hybridized carbons (Fsp3) is 0.308. The quantitative estimate of drug-likeness (QED) is 0.860. The van der Waals surface area contributed by atoms with Crippen molar-refractivity contribution in [2.45, 2.75) is 26.4 Å². The SMILES string of the molecule is Cc1[nH]c(C(C)(C)O)nc1-c1ccccc1Cl. The van der Waals surface area contributed by atoms with E-state index in [1.807, 2.05) is 31.2 Å². The fourth-order valence-corrected chi connectivity index (χ4v) is 1.89. The number of aromatic amines is 1. The zero-order chi connectivity index (χ0) is 12.6. The summed E-state index contributed by atoms with van der Waals surface area (Å²) < 4.78 is 0. The van der Waals surface area contributed by atoms with Crippen molar-refractivity contribution >= 4 is 11.6 Å².